The second-order valence-electron chi connectivity index (χ2n) is 11.1. The van der Waals surface area contributed by atoms with Crippen molar-refractivity contribution in [2.75, 3.05) is 54.1 Å². The number of fused-ring (bicyclic) bond motifs is 1. The zero-order chi connectivity index (χ0) is 27.9. The fraction of sp³-hybridized carbons (Fsp3) is 0.538. The molecule has 2 aliphatic heterocycles. The van der Waals surface area contributed by atoms with E-state index < -0.39 is 21.8 Å². The standard InChI is InChI=1S/C26H35FN8O3S/c1-16(2)19-11-30-24(35-13-17(14-35)10-31-39(4,37)38)20-12-29-23(9-18(19)20)32-22-5-7-28-25(33-22)34-8-6-21(36)26(3,27)15-34/h5,7,9,11-12,16-17,21,31,36H,6,8,10,13-15H2,1-4H3,(H,28,29,32,33)/t21-,26+/m1/s1. The number of nitrogens with one attached hydrogen (secondary N) is 2. The molecule has 2 fully saturated rings. The van der Waals surface area contributed by atoms with Crippen molar-refractivity contribution in [1.82, 2.24) is 24.7 Å². The lowest BCUT2D eigenvalue weighted by atomic mass is 9.94. The lowest BCUT2D eigenvalue weighted by molar-refractivity contribution is -0.00860. The number of sulfonamides is 1. The fourth-order valence-corrected chi connectivity index (χ4v) is 5.61. The van der Waals surface area contributed by atoms with Crippen molar-refractivity contribution < 1.29 is 17.9 Å². The van der Waals surface area contributed by atoms with Gasteiger partial charge < -0.3 is 20.2 Å². The number of aromatic nitrogens is 4. The van der Waals surface area contributed by atoms with Gasteiger partial charge in [0.1, 0.15) is 17.5 Å². The largest absolute Gasteiger partial charge is 0.390 e. The Morgan fingerprint density at radius 1 is 1.15 bits per heavy atom. The number of halogens is 1. The van der Waals surface area contributed by atoms with E-state index in [1.54, 1.807) is 23.4 Å². The van der Waals surface area contributed by atoms with Crippen LogP contribution in [0.4, 0.5) is 27.8 Å². The van der Waals surface area contributed by atoms with Crippen LogP contribution in [0.25, 0.3) is 10.8 Å². The van der Waals surface area contributed by atoms with Crippen LogP contribution in [0, 0.1) is 5.92 Å². The van der Waals surface area contributed by atoms with Crippen LogP contribution in [-0.4, -0.2) is 84.2 Å². The highest BCUT2D eigenvalue weighted by atomic mass is 32.2. The number of hydrogen-bond acceptors (Lipinski definition) is 10. The number of nitrogens with zero attached hydrogens (tertiary/aromatic N) is 6. The average molecular weight is 559 g/mol. The van der Waals surface area contributed by atoms with E-state index in [9.17, 15) is 17.9 Å². The number of alkyl halides is 1. The quantitative estimate of drug-likeness (QED) is 0.378. The number of piperidine rings is 1. The number of aliphatic hydroxyl groups excluding tert-OH is 1. The molecule has 0 aliphatic carbocycles. The predicted molar refractivity (Wildman–Crippen MR) is 150 cm³/mol. The van der Waals surface area contributed by atoms with E-state index in [2.05, 4.69) is 43.7 Å². The molecule has 0 bridgehead atoms. The molecule has 0 aromatic carbocycles. The highest BCUT2D eigenvalue weighted by molar-refractivity contribution is 7.88. The molecule has 11 nitrogen and oxygen atoms in total. The second kappa shape index (κ2) is 10.4. The summed E-state index contributed by atoms with van der Waals surface area (Å²) in [4.78, 5) is 22.1. The van der Waals surface area contributed by atoms with Gasteiger partial charge in [0.25, 0.3) is 0 Å². The Bertz CT molecular complexity index is 1460. The minimum Gasteiger partial charge on any atom is -0.390 e. The summed E-state index contributed by atoms with van der Waals surface area (Å²) in [6.07, 6.45) is 5.79. The number of pyridine rings is 2. The van der Waals surface area contributed by atoms with Gasteiger partial charge in [0.05, 0.1) is 18.9 Å². The molecule has 5 rings (SSSR count). The maximum atomic E-state index is 14.7. The predicted octanol–water partition coefficient (Wildman–Crippen LogP) is 2.57. The molecule has 2 atom stereocenters. The summed E-state index contributed by atoms with van der Waals surface area (Å²) in [7, 11) is -3.21. The molecule has 0 radical (unpaired) electrons. The molecular weight excluding hydrogens is 523 g/mol. The number of aliphatic hydroxyl groups is 1. The first-order valence-electron chi connectivity index (χ1n) is 13.1. The normalized spacial score (nSPS) is 22.4. The van der Waals surface area contributed by atoms with Gasteiger partial charge in [-0.2, -0.15) is 4.98 Å². The van der Waals surface area contributed by atoms with E-state index in [0.29, 0.717) is 50.2 Å². The molecular formula is C26H35FN8O3S. The maximum absolute atomic E-state index is 14.7. The first kappa shape index (κ1) is 27.4. The van der Waals surface area contributed by atoms with E-state index in [-0.39, 0.29) is 18.4 Å². The lowest BCUT2D eigenvalue weighted by Gasteiger charge is -2.40. The van der Waals surface area contributed by atoms with Crippen molar-refractivity contribution in [3.8, 4) is 0 Å². The molecule has 2 aliphatic rings. The van der Waals surface area contributed by atoms with Crippen LogP contribution in [0.2, 0.25) is 0 Å². The third-order valence-electron chi connectivity index (χ3n) is 7.34. The summed E-state index contributed by atoms with van der Waals surface area (Å²) in [6, 6.07) is 3.71. The monoisotopic (exact) mass is 558 g/mol. The first-order valence-corrected chi connectivity index (χ1v) is 15.0. The highest BCUT2D eigenvalue weighted by Gasteiger charge is 2.39. The van der Waals surface area contributed by atoms with Crippen LogP contribution in [0.5, 0.6) is 0 Å². The Balaban J connectivity index is 1.36. The van der Waals surface area contributed by atoms with Gasteiger partial charge in [-0.25, -0.2) is 32.5 Å². The van der Waals surface area contributed by atoms with E-state index in [1.165, 1.54) is 13.2 Å². The molecule has 3 aromatic rings. The van der Waals surface area contributed by atoms with Crippen molar-refractivity contribution in [2.45, 2.75) is 44.9 Å². The molecule has 3 N–H and O–H groups in total. The zero-order valence-electron chi connectivity index (χ0n) is 22.6. The minimum absolute atomic E-state index is 0.0149. The van der Waals surface area contributed by atoms with E-state index in [0.717, 1.165) is 22.2 Å². The molecule has 13 heteroatoms. The second-order valence-corrected chi connectivity index (χ2v) is 12.9. The Morgan fingerprint density at radius 3 is 2.62 bits per heavy atom. The maximum Gasteiger partial charge on any atom is 0.227 e. The van der Waals surface area contributed by atoms with Crippen LogP contribution in [0.15, 0.2) is 30.7 Å². The topological polar surface area (TPSA) is 136 Å². The zero-order valence-corrected chi connectivity index (χ0v) is 23.4. The Kier molecular flexibility index (Phi) is 7.33. The first-order chi connectivity index (χ1) is 18.4. The summed E-state index contributed by atoms with van der Waals surface area (Å²) < 4.78 is 40.1. The molecule has 210 valence electrons. The van der Waals surface area contributed by atoms with Crippen LogP contribution >= 0.6 is 0 Å². The number of hydrogen-bond donors (Lipinski definition) is 3. The van der Waals surface area contributed by atoms with Crippen LogP contribution < -0.4 is 19.8 Å². The third-order valence-corrected chi connectivity index (χ3v) is 8.03. The van der Waals surface area contributed by atoms with Crippen molar-refractivity contribution >= 4 is 44.2 Å². The van der Waals surface area contributed by atoms with Gasteiger partial charge in [0.2, 0.25) is 16.0 Å². The smallest absolute Gasteiger partial charge is 0.227 e. The molecule has 39 heavy (non-hydrogen) atoms. The van der Waals surface area contributed by atoms with Crippen LogP contribution in [-0.2, 0) is 10.0 Å². The van der Waals surface area contributed by atoms with E-state index >= 15 is 0 Å². The van der Waals surface area contributed by atoms with Gasteiger partial charge in [-0.1, -0.05) is 13.8 Å². The van der Waals surface area contributed by atoms with E-state index in [4.69, 9.17) is 4.98 Å². The molecule has 2 saturated heterocycles. The molecule has 0 unspecified atom stereocenters. The average Bonchev–Trinajstić information content (AvgIpc) is 2.84. The Labute approximate surface area is 227 Å². The van der Waals surface area contributed by atoms with Gasteiger partial charge in [-0.05, 0) is 42.3 Å². The Hall–Kier alpha value is -3.16. The van der Waals surface area contributed by atoms with Crippen molar-refractivity contribution in [3.63, 3.8) is 0 Å². The van der Waals surface area contributed by atoms with Gasteiger partial charge in [-0.15, -0.1) is 0 Å². The Morgan fingerprint density at radius 2 is 1.92 bits per heavy atom. The van der Waals surface area contributed by atoms with Crippen molar-refractivity contribution in [1.29, 1.82) is 0 Å². The lowest BCUT2D eigenvalue weighted by Crippen LogP contribution is -2.52. The summed E-state index contributed by atoms with van der Waals surface area (Å²) >= 11 is 0. The van der Waals surface area contributed by atoms with Gasteiger partial charge in [0, 0.05) is 56.1 Å². The molecule has 0 amide bonds. The van der Waals surface area contributed by atoms with Crippen molar-refractivity contribution in [3.05, 3.63) is 36.3 Å². The van der Waals surface area contributed by atoms with Gasteiger partial charge in [-0.3, -0.25) is 0 Å². The molecule has 3 aromatic heterocycles. The molecule has 0 saturated carbocycles. The third kappa shape index (κ3) is 6.04. The fourth-order valence-electron chi connectivity index (χ4n) is 5.07. The summed E-state index contributed by atoms with van der Waals surface area (Å²) in [5.41, 5.74) is -0.641. The molecule has 5 heterocycles. The van der Waals surface area contributed by atoms with Crippen LogP contribution in [0.1, 0.15) is 38.7 Å². The van der Waals surface area contributed by atoms with Gasteiger partial charge in [0.15, 0.2) is 5.67 Å². The van der Waals surface area contributed by atoms with Gasteiger partial charge >= 0.3 is 0 Å². The molecule has 0 spiro atoms. The van der Waals surface area contributed by atoms with Crippen LogP contribution in [0.3, 0.4) is 0 Å². The number of anilines is 4. The summed E-state index contributed by atoms with van der Waals surface area (Å²) in [5, 5.41) is 15.2. The minimum atomic E-state index is -3.21. The highest BCUT2D eigenvalue weighted by Crippen LogP contribution is 2.35. The van der Waals surface area contributed by atoms with E-state index in [1.807, 2.05) is 12.3 Å². The number of rotatable bonds is 8. The summed E-state index contributed by atoms with van der Waals surface area (Å²) in [6.45, 7) is 7.94. The van der Waals surface area contributed by atoms with Crippen molar-refractivity contribution in [2.24, 2.45) is 5.92 Å². The SMILES string of the molecule is CC(C)c1cnc(N2CC(CNS(C)(=O)=O)C2)c2cnc(Nc3ccnc(N4CC[C@@H](O)[C@@](C)(F)C4)n3)cc12. The summed E-state index contributed by atoms with van der Waals surface area (Å²) in [5.74, 6) is 2.82.